The number of aliphatic hydroxyl groups is 6. The topological polar surface area (TPSA) is 425 Å². The van der Waals surface area contributed by atoms with Crippen LogP contribution in [0.15, 0.2) is 129 Å². The van der Waals surface area contributed by atoms with Crippen molar-refractivity contribution in [2.24, 2.45) is 65.3 Å². The van der Waals surface area contributed by atoms with E-state index in [4.69, 9.17) is 59.6 Å². The summed E-state index contributed by atoms with van der Waals surface area (Å²) >= 11 is 5.62. The summed E-state index contributed by atoms with van der Waals surface area (Å²) < 4.78 is 17.0. The van der Waals surface area contributed by atoms with Crippen molar-refractivity contribution in [2.75, 3.05) is 19.8 Å². The zero-order valence-corrected chi connectivity index (χ0v) is 35.2. The Morgan fingerprint density at radius 3 is 1.36 bits per heavy atom. The van der Waals surface area contributed by atoms with Crippen molar-refractivity contribution in [3.8, 4) is 0 Å². The fourth-order valence-electron chi connectivity index (χ4n) is 7.33. The van der Waals surface area contributed by atoms with Crippen LogP contribution < -0.4 is 31.9 Å². The third-order valence-corrected chi connectivity index (χ3v) is 10.8. The Labute approximate surface area is 370 Å². The molecule has 0 aromatic rings. The number of halogens is 1. The lowest BCUT2D eigenvalue weighted by Crippen LogP contribution is -2.43. The molecule has 0 aliphatic carbocycles. The van der Waals surface area contributed by atoms with Crippen LogP contribution in [-0.4, -0.2) is 137 Å². The summed E-state index contributed by atoms with van der Waals surface area (Å²) in [5.74, 6) is 0.248. The maximum absolute atomic E-state index is 10.4. The van der Waals surface area contributed by atoms with Gasteiger partial charge in [-0.15, -0.1) is 6.58 Å². The number of rotatable bonds is 12. The van der Waals surface area contributed by atoms with Gasteiger partial charge in [0, 0.05) is 30.1 Å². The van der Waals surface area contributed by atoms with Gasteiger partial charge in [0.2, 0.25) is 14.7 Å². The number of hydrogen-bond donors (Lipinski definition) is 12. The van der Waals surface area contributed by atoms with Crippen molar-refractivity contribution in [1.82, 2.24) is 29.4 Å². The minimum atomic E-state index is -1.76. The molecule has 6 aliphatic rings. The fraction of sp³-hybridized carbons (Fsp3) is 0.472. The molecule has 15 N–H and O–H groups in total. The summed E-state index contributed by atoms with van der Waals surface area (Å²) in [6.45, 7) is 15.0. The van der Waals surface area contributed by atoms with E-state index in [-0.39, 0.29) is 11.8 Å². The molecule has 0 radical (unpaired) electrons. The Morgan fingerprint density at radius 2 is 1.03 bits per heavy atom. The standard InChI is InChI=1S/C12H16ClN6O3.C12H19N6O3.C12H17N6O3/c1-7-16-9(14)3-5-19(7)11-8(2-4-13)10(21)12(6-20,22-11)17-18-15;2*1-3-8-10(20)12(6-19,16-17-14)21-11(8)18-5-4-9(13)15-7(18)2/h2-5,8,10-11,15,20-21H,1,6H2,(H2,14,16);4-5,8,10-11,14,19-20H,2-3,6H2,1H3,(H2,13,15);3-5,8,10-11,14,19-20H,1-2,6H2,(H2,13,15)/q3*+1/t3*8-,10-,11+,12+/m000/s1. The molecule has 344 valence electrons. The van der Waals surface area contributed by atoms with Crippen LogP contribution in [0.1, 0.15) is 13.3 Å². The molecule has 0 amide bonds. The molecule has 3 saturated heterocycles. The van der Waals surface area contributed by atoms with E-state index in [0.717, 1.165) is 0 Å². The third-order valence-electron chi connectivity index (χ3n) is 10.6. The van der Waals surface area contributed by atoms with Crippen LogP contribution in [0, 0.1) is 34.3 Å². The Morgan fingerprint density at radius 1 is 0.688 bits per heavy atom. The first-order valence-electron chi connectivity index (χ1n) is 19.0. The highest BCUT2D eigenvalue weighted by atomic mass is 35.5. The highest BCUT2D eigenvalue weighted by Crippen LogP contribution is 2.43. The SMILES string of the molecule is C=C1N=C(N)C=CN1[C@@H]1O[C@@](CO)(N=[N+]=N)[C@@H](O)[C@@H]1C=CCl.C=C1N=C(N)C=CN1[C@@H]1O[C@@](CO)(N=[N+]=N)[C@@H](O)[C@@H]1CC.C=C[C@@H]1[C@H](N2C=CC(N)=NC2=C)O[C@@](CO)(N=[N+]=N)[C@H]1O. The van der Waals surface area contributed by atoms with E-state index in [0.29, 0.717) is 35.6 Å². The normalized spacial score (nSPS) is 35.2. The number of nitrogens with one attached hydrogen (secondary N) is 3. The Hall–Kier alpha value is -6.41. The molecule has 6 rings (SSSR count). The van der Waals surface area contributed by atoms with E-state index in [1.54, 1.807) is 40.6 Å². The van der Waals surface area contributed by atoms with E-state index >= 15 is 0 Å². The molecular weight excluding hydrogens is 864 g/mol. The summed E-state index contributed by atoms with van der Waals surface area (Å²) in [4.78, 5) is 25.4. The number of hydrogen-bond acceptors (Lipinski definition) is 24. The van der Waals surface area contributed by atoms with E-state index in [1.807, 2.05) is 6.92 Å². The largest absolute Gasteiger partial charge is 0.391 e. The lowest BCUT2D eigenvalue weighted by atomic mass is 9.93. The van der Waals surface area contributed by atoms with Crippen LogP contribution in [-0.2, 0) is 14.2 Å². The van der Waals surface area contributed by atoms with Gasteiger partial charge in [0.05, 0.1) is 11.8 Å². The van der Waals surface area contributed by atoms with Gasteiger partial charge in [-0.3, -0.25) is 0 Å². The van der Waals surface area contributed by atoms with Crippen LogP contribution >= 0.6 is 11.6 Å². The molecule has 0 unspecified atom stereocenters. The van der Waals surface area contributed by atoms with Crippen molar-refractivity contribution in [3.63, 3.8) is 0 Å². The predicted octanol–water partition coefficient (Wildman–Crippen LogP) is -1.00. The smallest absolute Gasteiger partial charge is 0.293 e. The highest BCUT2D eigenvalue weighted by molar-refractivity contribution is 6.25. The second-order valence-electron chi connectivity index (χ2n) is 14.3. The molecule has 6 heterocycles. The van der Waals surface area contributed by atoms with Crippen molar-refractivity contribution in [2.45, 2.75) is 67.5 Å². The van der Waals surface area contributed by atoms with Gasteiger partial charge >= 0.3 is 0 Å². The lowest BCUT2D eigenvalue weighted by molar-refractivity contribution is -0.133. The number of nitrogens with two attached hydrogens (primary N) is 3. The van der Waals surface area contributed by atoms with Crippen LogP contribution in [0.3, 0.4) is 0 Å². The molecule has 0 bridgehead atoms. The van der Waals surface area contributed by atoms with Crippen LogP contribution in [0.5, 0.6) is 0 Å². The minimum absolute atomic E-state index is 0.281. The zero-order chi connectivity index (χ0) is 47.6. The molecule has 27 nitrogen and oxygen atoms in total. The van der Waals surface area contributed by atoms with E-state index in [2.05, 4.69) is 71.4 Å². The highest BCUT2D eigenvalue weighted by Gasteiger charge is 2.62. The molecule has 64 heavy (non-hydrogen) atoms. The molecule has 12 atom stereocenters. The first kappa shape index (κ1) is 50.2. The maximum Gasteiger partial charge on any atom is 0.293 e. The first-order valence-corrected chi connectivity index (χ1v) is 19.4. The van der Waals surface area contributed by atoms with E-state index in [1.165, 1.54) is 28.7 Å². The van der Waals surface area contributed by atoms with E-state index in [9.17, 15) is 30.6 Å². The Bertz CT molecular complexity index is 2180. The summed E-state index contributed by atoms with van der Waals surface area (Å²) in [6.07, 6.45) is 7.28. The van der Waals surface area contributed by atoms with Crippen molar-refractivity contribution >= 4 is 29.1 Å². The molecule has 0 spiro atoms. The minimum Gasteiger partial charge on any atom is -0.391 e. The average Bonchev–Trinajstić information content (AvgIpc) is 3.81. The van der Waals surface area contributed by atoms with Gasteiger partial charge in [-0.1, -0.05) is 50.4 Å². The Balaban J connectivity index is 0.000000210. The van der Waals surface area contributed by atoms with Gasteiger partial charge in [0.15, 0.2) is 15.3 Å². The van der Waals surface area contributed by atoms with Crippen molar-refractivity contribution in [1.29, 1.82) is 16.6 Å². The molecule has 28 heteroatoms. The molecule has 0 aromatic heterocycles. The second kappa shape index (κ2) is 21.3. The maximum atomic E-state index is 10.4. The molecular formula is C36H52ClN18O9+3. The summed E-state index contributed by atoms with van der Waals surface area (Å²) in [5.41, 5.74) is 33.4. The number of amidine groups is 3. The Kier molecular flexibility index (Phi) is 16.7. The van der Waals surface area contributed by atoms with Gasteiger partial charge in [-0.2, -0.15) is 0 Å². The van der Waals surface area contributed by atoms with Crippen molar-refractivity contribution < 1.29 is 44.8 Å². The average molecular weight is 916 g/mol. The predicted molar refractivity (Wildman–Crippen MR) is 225 cm³/mol. The van der Waals surface area contributed by atoms with Gasteiger partial charge in [-0.05, 0) is 24.6 Å². The number of nitrogens with zero attached hydrogens (tertiary/aromatic N) is 12. The number of ether oxygens (including phenoxy) is 3. The molecule has 3 fully saturated rings. The fourth-order valence-corrected chi connectivity index (χ4v) is 7.50. The van der Waals surface area contributed by atoms with Gasteiger partial charge in [-0.25, -0.2) is 15.0 Å². The first-order chi connectivity index (χ1) is 30.5. The number of aliphatic imine (C=N–C) groups is 3. The molecule has 0 aromatic carbocycles. The second-order valence-corrected chi connectivity index (χ2v) is 14.5. The van der Waals surface area contributed by atoms with Crippen LogP contribution in [0.25, 0.3) is 0 Å². The summed E-state index contributed by atoms with van der Waals surface area (Å²) in [6, 6.07) is 0. The van der Waals surface area contributed by atoms with Crippen molar-refractivity contribution in [3.05, 3.63) is 98.3 Å². The van der Waals surface area contributed by atoms with Crippen LogP contribution in [0.4, 0.5) is 0 Å². The van der Waals surface area contributed by atoms with Crippen LogP contribution in [0.2, 0.25) is 0 Å². The number of aliphatic hydroxyl groups excluding tert-OH is 6. The van der Waals surface area contributed by atoms with Gasteiger partial charge in [0.1, 0.15) is 108 Å². The zero-order valence-electron chi connectivity index (χ0n) is 34.4. The summed E-state index contributed by atoms with van der Waals surface area (Å²) in [5, 5.41) is 70.3. The monoisotopic (exact) mass is 915 g/mol. The quantitative estimate of drug-likeness (QED) is 0.0635. The van der Waals surface area contributed by atoms with Gasteiger partial charge in [0.25, 0.3) is 17.2 Å². The molecule has 6 aliphatic heterocycles. The lowest BCUT2D eigenvalue weighted by Gasteiger charge is -2.31. The van der Waals surface area contributed by atoms with Gasteiger partial charge < -0.3 is 76.8 Å². The summed E-state index contributed by atoms with van der Waals surface area (Å²) in [7, 11) is 0. The third kappa shape index (κ3) is 9.86. The molecule has 0 saturated carbocycles. The van der Waals surface area contributed by atoms with E-state index < -0.39 is 85.8 Å².